The molecule has 1 aliphatic rings. The van der Waals surface area contributed by atoms with E-state index in [9.17, 15) is 9.59 Å². The third-order valence-electron chi connectivity index (χ3n) is 2.92. The van der Waals surface area contributed by atoms with Crippen LogP contribution >= 0.6 is 0 Å². The van der Waals surface area contributed by atoms with Gasteiger partial charge in [0.05, 0.1) is 6.04 Å². The zero-order valence-corrected chi connectivity index (χ0v) is 12.2. The number of nitrogens with zero attached hydrogens (tertiary/aromatic N) is 1. The maximum absolute atomic E-state index is 11.8. The third kappa shape index (κ3) is 5.46. The van der Waals surface area contributed by atoms with Crippen molar-refractivity contribution in [2.75, 3.05) is 19.6 Å². The van der Waals surface area contributed by atoms with E-state index in [4.69, 9.17) is 10.5 Å². The fraction of sp³-hybridized carbons (Fsp3) is 0.846. The van der Waals surface area contributed by atoms with Gasteiger partial charge in [0.2, 0.25) is 5.91 Å². The molecular formula is C13H25N3O3. The summed E-state index contributed by atoms with van der Waals surface area (Å²) in [5.41, 5.74) is 5.00. The van der Waals surface area contributed by atoms with Gasteiger partial charge >= 0.3 is 6.09 Å². The van der Waals surface area contributed by atoms with Gasteiger partial charge in [0, 0.05) is 19.6 Å². The molecule has 2 amide bonds. The quantitative estimate of drug-likeness (QED) is 0.791. The van der Waals surface area contributed by atoms with Crippen molar-refractivity contribution in [1.82, 2.24) is 10.2 Å². The minimum Gasteiger partial charge on any atom is -0.444 e. The number of nitrogens with two attached hydrogens (primary N) is 1. The Morgan fingerprint density at radius 1 is 1.47 bits per heavy atom. The van der Waals surface area contributed by atoms with Crippen LogP contribution in [0.3, 0.4) is 0 Å². The maximum Gasteiger partial charge on any atom is 0.410 e. The summed E-state index contributed by atoms with van der Waals surface area (Å²) in [7, 11) is 0. The van der Waals surface area contributed by atoms with Crippen LogP contribution in [0.2, 0.25) is 0 Å². The molecule has 3 N–H and O–H groups in total. The minimum absolute atomic E-state index is 0.157. The Hall–Kier alpha value is -1.30. The van der Waals surface area contributed by atoms with E-state index in [1.54, 1.807) is 11.8 Å². The zero-order chi connectivity index (χ0) is 14.6. The van der Waals surface area contributed by atoms with E-state index in [1.807, 2.05) is 20.8 Å². The zero-order valence-electron chi connectivity index (χ0n) is 12.2. The lowest BCUT2D eigenvalue weighted by Gasteiger charge is -2.24. The lowest BCUT2D eigenvalue weighted by Crippen LogP contribution is -2.41. The third-order valence-corrected chi connectivity index (χ3v) is 2.92. The van der Waals surface area contributed by atoms with E-state index in [0.717, 1.165) is 6.42 Å². The summed E-state index contributed by atoms with van der Waals surface area (Å²) in [5.74, 6) is 0.117. The standard InChI is InChI=1S/C13H25N3O3/c1-9(14)11(17)15-7-10-5-6-16(8-10)12(18)19-13(2,3)4/h9-10H,5-8,14H2,1-4H3,(H,15,17)/t9-,10?/m0/s1. The molecular weight excluding hydrogens is 246 g/mol. The number of hydrogen-bond donors (Lipinski definition) is 2. The van der Waals surface area contributed by atoms with E-state index in [0.29, 0.717) is 19.6 Å². The van der Waals surface area contributed by atoms with E-state index >= 15 is 0 Å². The van der Waals surface area contributed by atoms with E-state index < -0.39 is 11.6 Å². The van der Waals surface area contributed by atoms with Gasteiger partial charge in [-0.25, -0.2) is 4.79 Å². The summed E-state index contributed by atoms with van der Waals surface area (Å²) in [6.07, 6.45) is 0.590. The Bertz CT molecular complexity index is 337. The fourth-order valence-corrected chi connectivity index (χ4v) is 1.90. The molecule has 19 heavy (non-hydrogen) atoms. The summed E-state index contributed by atoms with van der Waals surface area (Å²) in [6.45, 7) is 9.04. The Balaban J connectivity index is 2.34. The molecule has 0 radical (unpaired) electrons. The number of likely N-dealkylation sites (tertiary alicyclic amines) is 1. The highest BCUT2D eigenvalue weighted by Gasteiger charge is 2.29. The van der Waals surface area contributed by atoms with Gasteiger partial charge in [-0.15, -0.1) is 0 Å². The van der Waals surface area contributed by atoms with Crippen LogP contribution in [0.25, 0.3) is 0 Å². The van der Waals surface area contributed by atoms with Gasteiger partial charge in [-0.2, -0.15) is 0 Å². The van der Waals surface area contributed by atoms with Crippen molar-refractivity contribution in [3.05, 3.63) is 0 Å². The molecule has 1 unspecified atom stereocenters. The summed E-state index contributed by atoms with van der Waals surface area (Å²) in [5, 5.41) is 2.79. The molecule has 110 valence electrons. The Kier molecular flexibility index (Phi) is 5.17. The van der Waals surface area contributed by atoms with Crippen molar-refractivity contribution in [3.63, 3.8) is 0 Å². The first-order valence-corrected chi connectivity index (χ1v) is 6.70. The van der Waals surface area contributed by atoms with Crippen molar-refractivity contribution >= 4 is 12.0 Å². The van der Waals surface area contributed by atoms with Crippen LogP contribution in [0.5, 0.6) is 0 Å². The number of ether oxygens (including phenoxy) is 1. The molecule has 6 nitrogen and oxygen atoms in total. The number of carbonyl (C=O) groups excluding carboxylic acids is 2. The Morgan fingerprint density at radius 3 is 2.63 bits per heavy atom. The minimum atomic E-state index is -0.497. The van der Waals surface area contributed by atoms with Crippen LogP contribution in [0.4, 0.5) is 4.79 Å². The second kappa shape index (κ2) is 6.23. The molecule has 2 atom stereocenters. The van der Waals surface area contributed by atoms with Crippen LogP contribution in [-0.2, 0) is 9.53 Å². The molecule has 0 spiro atoms. The molecule has 1 fully saturated rings. The summed E-state index contributed by atoms with van der Waals surface area (Å²) in [4.78, 5) is 24.9. The van der Waals surface area contributed by atoms with Crippen molar-refractivity contribution in [3.8, 4) is 0 Å². The van der Waals surface area contributed by atoms with Crippen LogP contribution < -0.4 is 11.1 Å². The van der Waals surface area contributed by atoms with Crippen LogP contribution in [0.15, 0.2) is 0 Å². The molecule has 6 heteroatoms. The maximum atomic E-state index is 11.8. The fourth-order valence-electron chi connectivity index (χ4n) is 1.90. The topological polar surface area (TPSA) is 84.7 Å². The number of nitrogens with one attached hydrogen (secondary N) is 1. The molecule has 0 aromatic heterocycles. The highest BCUT2D eigenvalue weighted by molar-refractivity contribution is 5.80. The monoisotopic (exact) mass is 271 g/mol. The Labute approximate surface area is 114 Å². The highest BCUT2D eigenvalue weighted by atomic mass is 16.6. The SMILES string of the molecule is C[C@H](N)C(=O)NCC1CCN(C(=O)OC(C)(C)C)C1. The second-order valence-electron chi connectivity index (χ2n) is 6.11. The van der Waals surface area contributed by atoms with Crippen molar-refractivity contribution < 1.29 is 14.3 Å². The summed E-state index contributed by atoms with van der Waals surface area (Å²) >= 11 is 0. The summed E-state index contributed by atoms with van der Waals surface area (Å²) in [6, 6.07) is -0.497. The molecule has 1 rings (SSSR count). The van der Waals surface area contributed by atoms with Gasteiger partial charge in [0.1, 0.15) is 5.60 Å². The van der Waals surface area contributed by atoms with E-state index in [1.165, 1.54) is 0 Å². The summed E-state index contributed by atoms with van der Waals surface area (Å²) < 4.78 is 5.31. The number of rotatable bonds is 3. The molecule has 0 bridgehead atoms. The predicted octanol–water partition coefficient (Wildman–Crippen LogP) is 0.707. The first kappa shape index (κ1) is 15.8. The largest absolute Gasteiger partial charge is 0.444 e. The van der Waals surface area contributed by atoms with Gasteiger partial charge in [0.25, 0.3) is 0 Å². The first-order valence-electron chi connectivity index (χ1n) is 6.70. The smallest absolute Gasteiger partial charge is 0.410 e. The van der Waals surface area contributed by atoms with Crippen LogP contribution in [-0.4, -0.2) is 48.2 Å². The van der Waals surface area contributed by atoms with Gasteiger partial charge in [-0.1, -0.05) is 0 Å². The number of amides is 2. The van der Waals surface area contributed by atoms with E-state index in [2.05, 4.69) is 5.32 Å². The molecule has 0 aromatic rings. The lowest BCUT2D eigenvalue weighted by molar-refractivity contribution is -0.122. The molecule has 0 aliphatic carbocycles. The van der Waals surface area contributed by atoms with Gasteiger partial charge in [-0.3, -0.25) is 4.79 Å². The van der Waals surface area contributed by atoms with Crippen molar-refractivity contribution in [1.29, 1.82) is 0 Å². The Morgan fingerprint density at radius 2 is 2.11 bits per heavy atom. The molecule has 0 aromatic carbocycles. The van der Waals surface area contributed by atoms with Crippen LogP contribution in [0.1, 0.15) is 34.1 Å². The average molecular weight is 271 g/mol. The predicted molar refractivity (Wildman–Crippen MR) is 72.6 cm³/mol. The number of hydrogen-bond acceptors (Lipinski definition) is 4. The van der Waals surface area contributed by atoms with Gasteiger partial charge in [0.15, 0.2) is 0 Å². The molecule has 1 aliphatic heterocycles. The molecule has 1 heterocycles. The highest BCUT2D eigenvalue weighted by Crippen LogP contribution is 2.18. The molecule has 0 saturated carbocycles. The second-order valence-corrected chi connectivity index (χ2v) is 6.11. The molecule has 1 saturated heterocycles. The van der Waals surface area contributed by atoms with Gasteiger partial charge < -0.3 is 20.7 Å². The normalized spacial score (nSPS) is 21.1. The van der Waals surface area contributed by atoms with E-state index in [-0.39, 0.29) is 17.9 Å². The van der Waals surface area contributed by atoms with Crippen LogP contribution in [0, 0.1) is 5.92 Å². The first-order chi connectivity index (χ1) is 8.69. The van der Waals surface area contributed by atoms with Crippen molar-refractivity contribution in [2.45, 2.75) is 45.8 Å². The van der Waals surface area contributed by atoms with Gasteiger partial charge in [-0.05, 0) is 40.0 Å². The number of carbonyl (C=O) groups is 2. The lowest BCUT2D eigenvalue weighted by atomic mass is 10.1. The van der Waals surface area contributed by atoms with Crippen molar-refractivity contribution in [2.24, 2.45) is 11.7 Å². The average Bonchev–Trinajstić information content (AvgIpc) is 2.71.